The van der Waals surface area contributed by atoms with E-state index in [-0.39, 0.29) is 33.6 Å². The lowest BCUT2D eigenvalue weighted by atomic mass is 10.1. The first-order valence-electron chi connectivity index (χ1n) is 10.6. The van der Waals surface area contributed by atoms with Gasteiger partial charge in [-0.15, -0.1) is 0 Å². The SMILES string of the molecule is CCOC(=O)C1=C(O)/C(=C/c2ccc(N(CC)CC)cc2)SC1=NC(=O)c1ccccc1Cl. The third-order valence-electron chi connectivity index (χ3n) is 5.00. The number of ether oxygens (including phenoxy) is 1. The van der Waals surface area contributed by atoms with Crippen molar-refractivity contribution in [3.63, 3.8) is 0 Å². The van der Waals surface area contributed by atoms with Crippen LogP contribution in [0.2, 0.25) is 5.02 Å². The number of thioether (sulfide) groups is 1. The number of nitrogens with zero attached hydrogens (tertiary/aromatic N) is 2. The standard InChI is InChI=1S/C25H25ClN2O4S/c1-4-28(5-2)17-13-11-16(12-14-17)15-20-22(29)21(25(31)32-6-3)24(33-20)27-23(30)18-9-7-8-10-19(18)26/h7-15,29H,4-6H2,1-3H3/b20-15-,27-24?. The molecule has 1 N–H and O–H groups in total. The van der Waals surface area contributed by atoms with E-state index in [9.17, 15) is 14.7 Å². The highest BCUT2D eigenvalue weighted by Gasteiger charge is 2.34. The van der Waals surface area contributed by atoms with Crippen molar-refractivity contribution in [3.05, 3.63) is 80.9 Å². The zero-order valence-corrected chi connectivity index (χ0v) is 20.2. The van der Waals surface area contributed by atoms with Crippen LogP contribution in [0.3, 0.4) is 0 Å². The van der Waals surface area contributed by atoms with E-state index in [1.54, 1.807) is 37.3 Å². The van der Waals surface area contributed by atoms with Crippen LogP contribution in [0.1, 0.15) is 36.7 Å². The lowest BCUT2D eigenvalue weighted by Crippen LogP contribution is -2.21. The summed E-state index contributed by atoms with van der Waals surface area (Å²) in [6, 6.07) is 14.4. The second-order valence-electron chi connectivity index (χ2n) is 7.02. The molecule has 6 nitrogen and oxygen atoms in total. The molecule has 0 atom stereocenters. The topological polar surface area (TPSA) is 79.2 Å². The molecule has 1 aliphatic rings. The van der Waals surface area contributed by atoms with E-state index in [0.29, 0.717) is 4.91 Å². The van der Waals surface area contributed by atoms with Crippen molar-refractivity contribution in [3.8, 4) is 0 Å². The number of aliphatic hydroxyl groups is 1. The van der Waals surface area contributed by atoms with Crippen molar-refractivity contribution in [2.45, 2.75) is 20.8 Å². The van der Waals surface area contributed by atoms with Crippen LogP contribution < -0.4 is 4.90 Å². The summed E-state index contributed by atoms with van der Waals surface area (Å²) in [5, 5.41) is 11.1. The summed E-state index contributed by atoms with van der Waals surface area (Å²) in [4.78, 5) is 32.0. The van der Waals surface area contributed by atoms with Gasteiger partial charge < -0.3 is 14.7 Å². The summed E-state index contributed by atoms with van der Waals surface area (Å²) < 4.78 is 5.08. The Morgan fingerprint density at radius 2 is 1.76 bits per heavy atom. The molecule has 0 fully saturated rings. The van der Waals surface area contributed by atoms with Crippen molar-refractivity contribution < 1.29 is 19.4 Å². The predicted molar refractivity (Wildman–Crippen MR) is 135 cm³/mol. The van der Waals surface area contributed by atoms with Gasteiger partial charge in [-0.1, -0.05) is 47.6 Å². The van der Waals surface area contributed by atoms with Crippen LogP contribution in [0.15, 0.2) is 69.8 Å². The maximum Gasteiger partial charge on any atom is 0.344 e. The molecule has 0 unspecified atom stereocenters. The Kier molecular flexibility index (Phi) is 8.36. The van der Waals surface area contributed by atoms with E-state index in [1.807, 2.05) is 24.3 Å². The summed E-state index contributed by atoms with van der Waals surface area (Å²) in [6.07, 6.45) is 1.74. The molecule has 3 rings (SSSR count). The van der Waals surface area contributed by atoms with Gasteiger partial charge in [-0.05, 0) is 56.7 Å². The molecule has 1 aliphatic heterocycles. The van der Waals surface area contributed by atoms with Crippen LogP contribution in [0.25, 0.3) is 6.08 Å². The molecular formula is C25H25ClN2O4S. The summed E-state index contributed by atoms with van der Waals surface area (Å²) in [7, 11) is 0. The van der Waals surface area contributed by atoms with E-state index in [0.717, 1.165) is 36.1 Å². The highest BCUT2D eigenvalue weighted by atomic mass is 35.5. The van der Waals surface area contributed by atoms with Gasteiger partial charge in [0.2, 0.25) is 0 Å². The summed E-state index contributed by atoms with van der Waals surface area (Å²) >= 11 is 7.15. The van der Waals surface area contributed by atoms with Gasteiger partial charge in [0.1, 0.15) is 16.4 Å². The van der Waals surface area contributed by atoms with Crippen LogP contribution in [0, 0.1) is 0 Å². The highest BCUT2D eigenvalue weighted by Crippen LogP contribution is 2.39. The molecule has 0 saturated heterocycles. The second kappa shape index (κ2) is 11.2. The van der Waals surface area contributed by atoms with Crippen LogP contribution in [0.5, 0.6) is 0 Å². The molecule has 0 aromatic heterocycles. The molecule has 1 amide bonds. The lowest BCUT2D eigenvalue weighted by molar-refractivity contribution is -0.138. The Hall–Kier alpha value is -3.03. The monoisotopic (exact) mass is 484 g/mol. The lowest BCUT2D eigenvalue weighted by Gasteiger charge is -2.20. The number of amides is 1. The second-order valence-corrected chi connectivity index (χ2v) is 8.46. The van der Waals surface area contributed by atoms with Crippen molar-refractivity contribution in [1.29, 1.82) is 0 Å². The number of carbonyl (C=O) groups is 2. The van der Waals surface area contributed by atoms with Crippen LogP contribution >= 0.6 is 23.4 Å². The minimum Gasteiger partial charge on any atom is -0.506 e. The Morgan fingerprint density at radius 1 is 1.09 bits per heavy atom. The summed E-state index contributed by atoms with van der Waals surface area (Å²) in [5.41, 5.74) is 2.01. The number of hydrogen-bond donors (Lipinski definition) is 1. The van der Waals surface area contributed by atoms with E-state index >= 15 is 0 Å². The van der Waals surface area contributed by atoms with Crippen LogP contribution in [0.4, 0.5) is 5.69 Å². The molecule has 8 heteroatoms. The fraction of sp³-hybridized carbons (Fsp3) is 0.240. The van der Waals surface area contributed by atoms with Crippen molar-refractivity contribution in [1.82, 2.24) is 0 Å². The zero-order valence-electron chi connectivity index (χ0n) is 18.7. The quantitative estimate of drug-likeness (QED) is 0.494. The van der Waals surface area contributed by atoms with E-state index < -0.39 is 11.9 Å². The molecule has 0 saturated carbocycles. The minimum atomic E-state index is -0.742. The summed E-state index contributed by atoms with van der Waals surface area (Å²) in [6.45, 7) is 7.78. The molecule has 2 aromatic carbocycles. The van der Waals surface area contributed by atoms with Gasteiger partial charge in [0.25, 0.3) is 5.91 Å². The maximum atomic E-state index is 12.7. The van der Waals surface area contributed by atoms with E-state index in [2.05, 4.69) is 23.7 Å². The fourth-order valence-electron chi connectivity index (χ4n) is 3.30. The Labute approximate surface area is 202 Å². The van der Waals surface area contributed by atoms with Crippen LogP contribution in [-0.2, 0) is 9.53 Å². The van der Waals surface area contributed by atoms with Gasteiger partial charge in [0.15, 0.2) is 0 Å². The van der Waals surface area contributed by atoms with E-state index in [4.69, 9.17) is 16.3 Å². The average Bonchev–Trinajstić information content (AvgIpc) is 3.10. The van der Waals surface area contributed by atoms with Gasteiger partial charge in [-0.3, -0.25) is 4.79 Å². The largest absolute Gasteiger partial charge is 0.506 e. The number of hydrogen-bond acceptors (Lipinski definition) is 6. The first-order valence-corrected chi connectivity index (χ1v) is 11.8. The third kappa shape index (κ3) is 5.67. The number of rotatable bonds is 7. The number of anilines is 1. The molecule has 0 aliphatic carbocycles. The molecular weight excluding hydrogens is 460 g/mol. The first kappa shape index (κ1) is 24.6. The molecule has 0 bridgehead atoms. The molecule has 172 valence electrons. The fourth-order valence-corrected chi connectivity index (χ4v) is 4.53. The van der Waals surface area contributed by atoms with Crippen molar-refractivity contribution in [2.75, 3.05) is 24.6 Å². The smallest absolute Gasteiger partial charge is 0.344 e. The number of aliphatic hydroxyl groups excluding tert-OH is 1. The Bertz CT molecular complexity index is 1140. The Morgan fingerprint density at radius 3 is 2.36 bits per heavy atom. The molecule has 0 spiro atoms. The number of aliphatic imine (C=N–C) groups is 1. The normalized spacial score (nSPS) is 15.9. The van der Waals surface area contributed by atoms with Crippen molar-refractivity contribution >= 4 is 52.0 Å². The zero-order chi connectivity index (χ0) is 24.0. The molecule has 1 heterocycles. The summed E-state index contributed by atoms with van der Waals surface area (Å²) in [5.74, 6) is -1.62. The van der Waals surface area contributed by atoms with Gasteiger partial charge in [-0.2, -0.15) is 0 Å². The van der Waals surface area contributed by atoms with Gasteiger partial charge in [0.05, 0.1) is 22.1 Å². The number of benzene rings is 2. The first-order chi connectivity index (χ1) is 15.9. The molecule has 0 radical (unpaired) electrons. The predicted octanol–water partition coefficient (Wildman–Crippen LogP) is 5.89. The van der Waals surface area contributed by atoms with Crippen LogP contribution in [-0.4, -0.2) is 41.7 Å². The average molecular weight is 485 g/mol. The maximum absolute atomic E-state index is 12.7. The third-order valence-corrected chi connectivity index (χ3v) is 6.35. The van der Waals surface area contributed by atoms with Crippen molar-refractivity contribution in [2.24, 2.45) is 4.99 Å². The van der Waals surface area contributed by atoms with Gasteiger partial charge in [-0.25, -0.2) is 9.79 Å². The number of esters is 1. The minimum absolute atomic E-state index is 0.0712. The molecule has 2 aromatic rings. The highest BCUT2D eigenvalue weighted by molar-refractivity contribution is 8.18. The Balaban J connectivity index is 1.97. The van der Waals surface area contributed by atoms with E-state index in [1.165, 1.54) is 0 Å². The number of carbonyl (C=O) groups excluding carboxylic acids is 2. The van der Waals surface area contributed by atoms with Gasteiger partial charge in [0, 0.05) is 18.8 Å². The molecule has 33 heavy (non-hydrogen) atoms. The number of halogens is 1. The van der Waals surface area contributed by atoms with Gasteiger partial charge >= 0.3 is 5.97 Å².